The zero-order valence-corrected chi connectivity index (χ0v) is 23.9. The molecule has 10 heteroatoms. The number of rotatable bonds is 12. The average molecular weight is 577 g/mol. The van der Waals surface area contributed by atoms with Crippen LogP contribution in [0.15, 0.2) is 72.9 Å². The fourth-order valence-corrected chi connectivity index (χ4v) is 5.04. The molecule has 9 nitrogen and oxygen atoms in total. The predicted octanol–water partition coefficient (Wildman–Crippen LogP) is 4.97. The molecule has 0 bridgehead atoms. The Hall–Kier alpha value is -4.18. The van der Waals surface area contributed by atoms with Crippen LogP contribution in [0, 0.1) is 5.92 Å². The molecule has 1 saturated heterocycles. The lowest BCUT2D eigenvalue weighted by Crippen LogP contribution is -2.46. The second-order valence-electron chi connectivity index (χ2n) is 9.97. The Kier molecular flexibility index (Phi) is 9.78. The molecule has 1 N–H and O–H groups in total. The van der Waals surface area contributed by atoms with E-state index in [0.717, 1.165) is 16.8 Å². The minimum atomic E-state index is -1.70. The van der Waals surface area contributed by atoms with Crippen molar-refractivity contribution in [2.24, 2.45) is 5.92 Å². The van der Waals surface area contributed by atoms with Crippen LogP contribution >= 0.6 is 11.8 Å². The van der Waals surface area contributed by atoms with Gasteiger partial charge in [0.1, 0.15) is 18.5 Å². The van der Waals surface area contributed by atoms with Gasteiger partial charge in [0, 0.05) is 30.3 Å². The van der Waals surface area contributed by atoms with Gasteiger partial charge in [-0.05, 0) is 48.0 Å². The topological polar surface area (TPSA) is 121 Å². The van der Waals surface area contributed by atoms with Gasteiger partial charge in [0.15, 0.2) is 0 Å². The van der Waals surface area contributed by atoms with Crippen molar-refractivity contribution >= 4 is 34.8 Å². The largest absolute Gasteiger partial charge is 0.493 e. The Balaban J connectivity index is 1.31. The van der Waals surface area contributed by atoms with Crippen molar-refractivity contribution in [3.63, 3.8) is 0 Å². The zero-order valence-electron chi connectivity index (χ0n) is 23.1. The predicted molar refractivity (Wildman–Crippen MR) is 153 cm³/mol. The monoisotopic (exact) mass is 576 g/mol. The van der Waals surface area contributed by atoms with Gasteiger partial charge in [-0.2, -0.15) is 0 Å². The van der Waals surface area contributed by atoms with Crippen molar-refractivity contribution in [3.05, 3.63) is 95.3 Å². The number of imide groups is 1. The molecule has 41 heavy (non-hydrogen) atoms. The van der Waals surface area contributed by atoms with E-state index in [2.05, 4.69) is 10.3 Å². The van der Waals surface area contributed by atoms with Gasteiger partial charge < -0.3 is 14.2 Å². The van der Waals surface area contributed by atoms with Crippen molar-refractivity contribution < 1.29 is 33.4 Å². The van der Waals surface area contributed by atoms with E-state index in [0.29, 0.717) is 36.1 Å². The molecule has 0 saturated carbocycles. The van der Waals surface area contributed by atoms with Gasteiger partial charge >= 0.3 is 11.9 Å². The van der Waals surface area contributed by atoms with Gasteiger partial charge in [-0.1, -0.05) is 62.4 Å². The fourth-order valence-electron chi connectivity index (χ4n) is 4.05. The standard InChI is InChI=1S/C31H32N2O7S/c1-20(2)27(34)40-21(3)24-11-12-25(32-18-24)15-16-38-26-13-9-22(10-14-26)17-31(28(35)33-30(37)41-31)29(36)39-19-23-7-5-4-6-8-23/h4-14,18,20-21H,15-17,19H2,1-3H3,(H,33,35,37)/t21?,31-/m1/s1. The van der Waals surface area contributed by atoms with E-state index in [1.165, 1.54) is 0 Å². The summed E-state index contributed by atoms with van der Waals surface area (Å²) in [6.07, 6.45) is 1.88. The lowest BCUT2D eigenvalue weighted by molar-refractivity contribution is -0.153. The summed E-state index contributed by atoms with van der Waals surface area (Å²) in [7, 11) is 0. The molecule has 4 rings (SSSR count). The summed E-state index contributed by atoms with van der Waals surface area (Å²) in [5.41, 5.74) is 3.10. The van der Waals surface area contributed by atoms with Crippen LogP contribution in [0.4, 0.5) is 4.79 Å². The SMILES string of the molecule is CC(C)C(=O)OC(C)c1ccc(CCOc2ccc(C[C@@]3(C(=O)OCc4ccccc4)SC(=O)NC3=O)cc2)nc1. The van der Waals surface area contributed by atoms with Crippen LogP contribution in [0.25, 0.3) is 0 Å². The van der Waals surface area contributed by atoms with Crippen molar-refractivity contribution in [1.29, 1.82) is 0 Å². The Morgan fingerprint density at radius 2 is 1.68 bits per heavy atom. The summed E-state index contributed by atoms with van der Waals surface area (Å²) in [6, 6.07) is 19.9. The molecule has 214 valence electrons. The lowest BCUT2D eigenvalue weighted by atomic mass is 9.97. The van der Waals surface area contributed by atoms with E-state index in [-0.39, 0.29) is 31.0 Å². The van der Waals surface area contributed by atoms with Gasteiger partial charge in [0.2, 0.25) is 4.75 Å². The number of hydrogen-bond acceptors (Lipinski definition) is 9. The van der Waals surface area contributed by atoms with Gasteiger partial charge in [0.05, 0.1) is 12.5 Å². The quantitative estimate of drug-likeness (QED) is 0.235. The summed E-state index contributed by atoms with van der Waals surface area (Å²) in [5.74, 6) is -1.28. The Morgan fingerprint density at radius 3 is 2.29 bits per heavy atom. The van der Waals surface area contributed by atoms with Gasteiger partial charge in [-0.25, -0.2) is 4.79 Å². The summed E-state index contributed by atoms with van der Waals surface area (Å²) >= 11 is 0.645. The molecule has 1 fully saturated rings. The number of thioether (sulfide) groups is 1. The first-order chi connectivity index (χ1) is 19.7. The van der Waals surface area contributed by atoms with Crippen LogP contribution in [0.3, 0.4) is 0 Å². The van der Waals surface area contributed by atoms with E-state index in [1.54, 1.807) is 44.3 Å². The van der Waals surface area contributed by atoms with Crippen molar-refractivity contribution in [1.82, 2.24) is 10.3 Å². The second kappa shape index (κ2) is 13.5. The van der Waals surface area contributed by atoms with Crippen LogP contribution in [-0.4, -0.2) is 39.4 Å². The maximum atomic E-state index is 13.1. The zero-order chi connectivity index (χ0) is 29.4. The molecule has 1 aromatic heterocycles. The van der Waals surface area contributed by atoms with Crippen LogP contribution < -0.4 is 10.1 Å². The molecule has 1 aliphatic heterocycles. The molecule has 2 aromatic carbocycles. The maximum absolute atomic E-state index is 13.1. The van der Waals surface area contributed by atoms with Gasteiger partial charge in [-0.3, -0.25) is 24.7 Å². The molecular weight excluding hydrogens is 544 g/mol. The molecule has 3 aromatic rings. The van der Waals surface area contributed by atoms with Crippen molar-refractivity contribution in [2.75, 3.05) is 6.61 Å². The average Bonchev–Trinajstić information content (AvgIpc) is 3.26. The molecule has 1 unspecified atom stereocenters. The highest BCUT2D eigenvalue weighted by molar-refractivity contribution is 8.16. The first-order valence-corrected chi connectivity index (χ1v) is 14.1. The molecule has 2 heterocycles. The van der Waals surface area contributed by atoms with Gasteiger partial charge in [-0.15, -0.1) is 0 Å². The van der Waals surface area contributed by atoms with Crippen LogP contribution in [0.2, 0.25) is 0 Å². The number of carbonyl (C=O) groups is 4. The highest BCUT2D eigenvalue weighted by Gasteiger charge is 2.55. The first-order valence-electron chi connectivity index (χ1n) is 13.3. The molecule has 0 spiro atoms. The number of hydrogen-bond donors (Lipinski definition) is 1. The summed E-state index contributed by atoms with van der Waals surface area (Å²) in [4.78, 5) is 54.1. The third-order valence-electron chi connectivity index (χ3n) is 6.48. The molecule has 1 aliphatic rings. The van der Waals surface area contributed by atoms with E-state index < -0.39 is 21.9 Å². The number of carbonyl (C=O) groups excluding carboxylic acids is 4. The molecule has 2 atom stereocenters. The lowest BCUT2D eigenvalue weighted by Gasteiger charge is -2.22. The number of aromatic nitrogens is 1. The summed E-state index contributed by atoms with van der Waals surface area (Å²) in [5, 5.41) is 1.63. The van der Waals surface area contributed by atoms with Crippen LogP contribution in [0.1, 0.15) is 49.3 Å². The number of amides is 2. The second-order valence-corrected chi connectivity index (χ2v) is 11.2. The molecule has 0 aliphatic carbocycles. The Bertz CT molecular complexity index is 1380. The minimum Gasteiger partial charge on any atom is -0.493 e. The van der Waals surface area contributed by atoms with Crippen LogP contribution in [-0.2, 0) is 43.3 Å². The fraction of sp³-hybridized carbons (Fsp3) is 0.323. The summed E-state index contributed by atoms with van der Waals surface area (Å²) in [6.45, 7) is 5.78. The number of nitrogens with zero attached hydrogens (tertiary/aromatic N) is 1. The molecule has 0 radical (unpaired) electrons. The smallest absolute Gasteiger partial charge is 0.333 e. The highest BCUT2D eigenvalue weighted by Crippen LogP contribution is 2.37. The summed E-state index contributed by atoms with van der Waals surface area (Å²) < 4.78 is 15.0. The third kappa shape index (κ3) is 7.73. The maximum Gasteiger partial charge on any atom is 0.333 e. The number of ether oxygens (including phenoxy) is 3. The molecular formula is C31H32N2O7S. The Labute approximate surface area is 243 Å². The van der Waals surface area contributed by atoms with E-state index >= 15 is 0 Å². The minimum absolute atomic E-state index is 0.00156. The van der Waals surface area contributed by atoms with E-state index in [9.17, 15) is 19.2 Å². The van der Waals surface area contributed by atoms with Crippen LogP contribution in [0.5, 0.6) is 5.75 Å². The van der Waals surface area contributed by atoms with Crippen molar-refractivity contribution in [3.8, 4) is 5.75 Å². The normalized spacial score (nSPS) is 17.2. The number of benzene rings is 2. The number of nitrogens with one attached hydrogen (secondary N) is 1. The third-order valence-corrected chi connectivity index (χ3v) is 7.61. The molecule has 2 amide bonds. The van der Waals surface area contributed by atoms with Crippen molar-refractivity contribution in [2.45, 2.75) is 51.1 Å². The Morgan fingerprint density at radius 1 is 0.951 bits per heavy atom. The van der Waals surface area contributed by atoms with E-state index in [4.69, 9.17) is 14.2 Å². The number of esters is 2. The highest BCUT2D eigenvalue weighted by atomic mass is 32.2. The first kappa shape index (κ1) is 29.8. The van der Waals surface area contributed by atoms with E-state index in [1.807, 2.05) is 49.4 Å². The number of pyridine rings is 1. The van der Waals surface area contributed by atoms with Gasteiger partial charge in [0.25, 0.3) is 11.1 Å².